The van der Waals surface area contributed by atoms with Crippen LogP contribution in [0.2, 0.25) is 5.02 Å². The summed E-state index contributed by atoms with van der Waals surface area (Å²) in [5.41, 5.74) is 1.01. The minimum atomic E-state index is -0.565. The third kappa shape index (κ3) is 2.92. The van der Waals surface area contributed by atoms with Crippen LogP contribution in [0.25, 0.3) is 0 Å². The lowest BCUT2D eigenvalue weighted by molar-refractivity contribution is 0.0600. The number of hydrogen-bond donors (Lipinski definition) is 2. The van der Waals surface area contributed by atoms with Gasteiger partial charge in [0.05, 0.1) is 29.5 Å². The van der Waals surface area contributed by atoms with Crippen molar-refractivity contribution in [2.45, 2.75) is 0 Å². The van der Waals surface area contributed by atoms with E-state index in [0.29, 0.717) is 11.3 Å². The van der Waals surface area contributed by atoms with Gasteiger partial charge in [-0.15, -0.1) is 0 Å². The molecule has 1 aromatic heterocycles. The number of nitrogens with zero attached hydrogens (tertiary/aromatic N) is 1. The molecule has 0 saturated carbocycles. The van der Waals surface area contributed by atoms with Crippen molar-refractivity contribution in [3.63, 3.8) is 0 Å². The average Bonchev–Trinajstić information content (AvgIpc) is 2.94. The van der Waals surface area contributed by atoms with Gasteiger partial charge in [-0.1, -0.05) is 11.6 Å². The summed E-state index contributed by atoms with van der Waals surface area (Å²) < 4.78 is 4.60. The highest BCUT2D eigenvalue weighted by atomic mass is 35.5. The Morgan fingerprint density at radius 3 is 2.84 bits per heavy atom. The number of nitrogens with one attached hydrogen (secondary N) is 2. The Labute approximate surface area is 113 Å². The summed E-state index contributed by atoms with van der Waals surface area (Å²) in [6.45, 7) is 0. The van der Waals surface area contributed by atoms with E-state index >= 15 is 0 Å². The van der Waals surface area contributed by atoms with E-state index in [0.717, 1.165) is 0 Å². The Morgan fingerprint density at radius 1 is 1.42 bits per heavy atom. The van der Waals surface area contributed by atoms with Crippen LogP contribution in [-0.4, -0.2) is 29.2 Å². The van der Waals surface area contributed by atoms with Gasteiger partial charge in [0.25, 0.3) is 5.91 Å². The number of aromatic nitrogens is 2. The van der Waals surface area contributed by atoms with Gasteiger partial charge in [-0.05, 0) is 18.2 Å². The fourth-order valence-electron chi connectivity index (χ4n) is 1.45. The molecular formula is C12H10ClN3O3. The van der Waals surface area contributed by atoms with Crippen LogP contribution in [0, 0.1) is 0 Å². The van der Waals surface area contributed by atoms with E-state index in [2.05, 4.69) is 20.3 Å². The largest absolute Gasteiger partial charge is 0.465 e. The zero-order valence-electron chi connectivity index (χ0n) is 9.94. The van der Waals surface area contributed by atoms with Gasteiger partial charge >= 0.3 is 5.97 Å². The topological polar surface area (TPSA) is 84.1 Å². The first-order valence-corrected chi connectivity index (χ1v) is 5.67. The van der Waals surface area contributed by atoms with E-state index < -0.39 is 5.97 Å². The van der Waals surface area contributed by atoms with Crippen molar-refractivity contribution in [2.24, 2.45) is 0 Å². The normalized spacial score (nSPS) is 10.0. The summed E-state index contributed by atoms with van der Waals surface area (Å²) in [6, 6.07) is 4.55. The molecule has 1 aromatic carbocycles. The molecule has 6 nitrogen and oxygen atoms in total. The van der Waals surface area contributed by atoms with Gasteiger partial charge in [-0.3, -0.25) is 9.89 Å². The molecule has 98 valence electrons. The van der Waals surface area contributed by atoms with Gasteiger partial charge < -0.3 is 10.1 Å². The second-order valence-electron chi connectivity index (χ2n) is 3.63. The third-order valence-corrected chi connectivity index (χ3v) is 2.72. The van der Waals surface area contributed by atoms with E-state index in [1.165, 1.54) is 31.6 Å². The molecule has 0 aliphatic carbocycles. The molecule has 0 aliphatic rings. The molecule has 2 rings (SSSR count). The number of ether oxygens (including phenoxy) is 1. The Morgan fingerprint density at radius 2 is 2.21 bits per heavy atom. The molecule has 0 saturated heterocycles. The number of carbonyl (C=O) groups is 2. The van der Waals surface area contributed by atoms with Crippen LogP contribution < -0.4 is 5.32 Å². The number of amides is 1. The third-order valence-electron chi connectivity index (χ3n) is 2.39. The van der Waals surface area contributed by atoms with Crippen LogP contribution >= 0.6 is 11.6 Å². The van der Waals surface area contributed by atoms with Crippen molar-refractivity contribution in [3.05, 3.63) is 46.7 Å². The summed E-state index contributed by atoms with van der Waals surface area (Å²) in [5.74, 6) is -0.906. The quantitative estimate of drug-likeness (QED) is 0.843. The monoisotopic (exact) mass is 279 g/mol. The Balaban J connectivity index is 2.22. The Hall–Kier alpha value is -2.34. The first-order valence-electron chi connectivity index (χ1n) is 5.30. The number of methoxy groups -OCH3 is 1. The fraction of sp³-hybridized carbons (Fsp3) is 0.0833. The number of halogens is 1. The molecule has 0 aliphatic heterocycles. The molecule has 0 radical (unpaired) electrons. The number of H-pyrrole nitrogens is 1. The zero-order valence-corrected chi connectivity index (χ0v) is 10.7. The predicted molar refractivity (Wildman–Crippen MR) is 69.3 cm³/mol. The summed E-state index contributed by atoms with van der Waals surface area (Å²) >= 11 is 5.88. The van der Waals surface area contributed by atoms with Crippen LogP contribution in [0.5, 0.6) is 0 Å². The molecule has 19 heavy (non-hydrogen) atoms. The molecule has 0 spiro atoms. The molecule has 1 amide bonds. The number of hydrogen-bond acceptors (Lipinski definition) is 4. The second kappa shape index (κ2) is 5.53. The van der Waals surface area contributed by atoms with Crippen molar-refractivity contribution in [1.29, 1.82) is 0 Å². The van der Waals surface area contributed by atoms with Gasteiger partial charge in [0, 0.05) is 11.9 Å². The molecule has 7 heteroatoms. The first-order chi connectivity index (χ1) is 9.11. The maximum Gasteiger partial charge on any atom is 0.339 e. The van der Waals surface area contributed by atoms with Crippen molar-refractivity contribution >= 4 is 29.2 Å². The number of aromatic amines is 1. The highest BCUT2D eigenvalue weighted by molar-refractivity contribution is 6.33. The van der Waals surface area contributed by atoms with Crippen LogP contribution in [0.3, 0.4) is 0 Å². The lowest BCUT2D eigenvalue weighted by Gasteiger charge is -2.07. The van der Waals surface area contributed by atoms with Gasteiger partial charge in [0.15, 0.2) is 0 Å². The summed E-state index contributed by atoms with van der Waals surface area (Å²) in [4.78, 5) is 23.3. The van der Waals surface area contributed by atoms with Crippen molar-refractivity contribution in [2.75, 3.05) is 12.4 Å². The SMILES string of the molecule is COC(=O)c1cc(NC(=O)c2cn[nH]c2)ccc1Cl. The average molecular weight is 280 g/mol. The lowest BCUT2D eigenvalue weighted by atomic mass is 10.2. The maximum absolute atomic E-state index is 11.8. The minimum Gasteiger partial charge on any atom is -0.465 e. The Bertz CT molecular complexity index is 611. The number of anilines is 1. The molecule has 0 unspecified atom stereocenters. The second-order valence-corrected chi connectivity index (χ2v) is 4.03. The van der Waals surface area contributed by atoms with E-state index in [4.69, 9.17) is 11.6 Å². The van der Waals surface area contributed by atoms with Gasteiger partial charge in [-0.25, -0.2) is 4.79 Å². The molecule has 0 bridgehead atoms. The minimum absolute atomic E-state index is 0.189. The van der Waals surface area contributed by atoms with Crippen LogP contribution in [0.1, 0.15) is 20.7 Å². The molecule has 2 aromatic rings. The summed E-state index contributed by atoms with van der Waals surface area (Å²) in [6.07, 6.45) is 2.86. The molecule has 1 heterocycles. The number of rotatable bonds is 3. The van der Waals surface area contributed by atoms with E-state index in [-0.39, 0.29) is 16.5 Å². The van der Waals surface area contributed by atoms with Crippen molar-refractivity contribution in [1.82, 2.24) is 10.2 Å². The lowest BCUT2D eigenvalue weighted by Crippen LogP contribution is -2.12. The maximum atomic E-state index is 11.8. The Kier molecular flexibility index (Phi) is 3.82. The fourth-order valence-corrected chi connectivity index (χ4v) is 1.64. The van der Waals surface area contributed by atoms with Gasteiger partial charge in [0.2, 0.25) is 0 Å². The van der Waals surface area contributed by atoms with Crippen molar-refractivity contribution in [3.8, 4) is 0 Å². The summed E-state index contributed by atoms with van der Waals surface area (Å²) in [5, 5.41) is 9.10. The highest BCUT2D eigenvalue weighted by Gasteiger charge is 2.13. The molecule has 2 N–H and O–H groups in total. The molecule has 0 atom stereocenters. The van der Waals surface area contributed by atoms with E-state index in [1.807, 2.05) is 0 Å². The van der Waals surface area contributed by atoms with E-state index in [9.17, 15) is 9.59 Å². The zero-order chi connectivity index (χ0) is 13.8. The predicted octanol–water partition coefficient (Wildman–Crippen LogP) is 2.10. The number of esters is 1. The van der Waals surface area contributed by atoms with Crippen LogP contribution in [0.4, 0.5) is 5.69 Å². The van der Waals surface area contributed by atoms with E-state index in [1.54, 1.807) is 6.07 Å². The van der Waals surface area contributed by atoms with Crippen LogP contribution in [-0.2, 0) is 4.74 Å². The number of carbonyl (C=O) groups excluding carboxylic acids is 2. The van der Waals surface area contributed by atoms with Crippen molar-refractivity contribution < 1.29 is 14.3 Å². The highest BCUT2D eigenvalue weighted by Crippen LogP contribution is 2.21. The van der Waals surface area contributed by atoms with Gasteiger partial charge in [0.1, 0.15) is 0 Å². The molecular weight excluding hydrogens is 270 g/mol. The first kappa shape index (κ1) is 13.1. The van der Waals surface area contributed by atoms with Gasteiger partial charge in [-0.2, -0.15) is 5.10 Å². The molecule has 0 fully saturated rings. The standard InChI is InChI=1S/C12H10ClN3O3/c1-19-12(18)9-4-8(2-3-10(9)13)16-11(17)7-5-14-15-6-7/h2-6H,1H3,(H,14,15)(H,16,17). The van der Waals surface area contributed by atoms with Crippen LogP contribution in [0.15, 0.2) is 30.6 Å². The number of benzene rings is 1. The summed E-state index contributed by atoms with van der Waals surface area (Å²) in [7, 11) is 1.26. The smallest absolute Gasteiger partial charge is 0.339 e.